The van der Waals surface area contributed by atoms with Gasteiger partial charge in [-0.25, -0.2) is 0 Å². The zero-order valence-corrected chi connectivity index (χ0v) is 12.0. The Balaban J connectivity index is 1.88. The summed E-state index contributed by atoms with van der Waals surface area (Å²) >= 11 is 3.60. The maximum atomic E-state index is 6.13. The first-order chi connectivity index (χ1) is 8.18. The van der Waals surface area contributed by atoms with Crippen LogP contribution in [0.5, 0.6) is 0 Å². The lowest BCUT2D eigenvalue weighted by atomic mass is 10.1. The molecule has 0 amide bonds. The first-order valence-electron chi connectivity index (χ1n) is 6.37. The summed E-state index contributed by atoms with van der Waals surface area (Å²) in [5.41, 5.74) is 7.51. The van der Waals surface area contributed by atoms with E-state index in [1.165, 1.54) is 29.3 Å². The van der Waals surface area contributed by atoms with E-state index >= 15 is 0 Å². The fourth-order valence-electron chi connectivity index (χ4n) is 2.68. The van der Waals surface area contributed by atoms with Crippen LogP contribution in [0.1, 0.15) is 24.8 Å². The Hall–Kier alpha value is -0.380. The number of nitrogens with zero attached hydrogens (tertiary/aromatic N) is 1. The highest BCUT2D eigenvalue weighted by molar-refractivity contribution is 9.10. The van der Waals surface area contributed by atoms with Crippen LogP contribution in [0.4, 0.5) is 0 Å². The molecule has 2 N–H and O–H groups in total. The van der Waals surface area contributed by atoms with Crippen molar-refractivity contribution in [3.05, 3.63) is 34.3 Å². The molecule has 2 atom stereocenters. The molecule has 2 nitrogen and oxygen atoms in total. The summed E-state index contributed by atoms with van der Waals surface area (Å²) in [4.78, 5) is 2.43. The smallest absolute Gasteiger partial charge is 0.0244 e. The number of benzene rings is 1. The Morgan fingerprint density at radius 1 is 1.35 bits per heavy atom. The topological polar surface area (TPSA) is 29.3 Å². The monoisotopic (exact) mass is 296 g/mol. The van der Waals surface area contributed by atoms with E-state index in [-0.39, 0.29) is 0 Å². The number of likely N-dealkylation sites (N-methyl/N-ethyl adjacent to an activating group) is 1. The summed E-state index contributed by atoms with van der Waals surface area (Å²) in [6.07, 6.45) is 4.81. The Labute approximate surface area is 112 Å². The lowest BCUT2D eigenvalue weighted by molar-refractivity contribution is 0.231. The molecule has 0 heterocycles. The van der Waals surface area contributed by atoms with Gasteiger partial charge in [-0.3, -0.25) is 0 Å². The van der Waals surface area contributed by atoms with E-state index in [1.807, 2.05) is 0 Å². The Bertz CT molecular complexity index is 367. The minimum absolute atomic E-state index is 0.374. The van der Waals surface area contributed by atoms with Gasteiger partial charge >= 0.3 is 0 Å². The van der Waals surface area contributed by atoms with Gasteiger partial charge in [0.1, 0.15) is 0 Å². The van der Waals surface area contributed by atoms with Gasteiger partial charge in [0.2, 0.25) is 0 Å². The predicted molar refractivity (Wildman–Crippen MR) is 76.1 cm³/mol. The Morgan fingerprint density at radius 3 is 2.76 bits per heavy atom. The fraction of sp³-hybridized carbons (Fsp3) is 0.571. The summed E-state index contributed by atoms with van der Waals surface area (Å²) in [7, 11) is 2.20. The number of rotatable bonds is 4. The van der Waals surface area contributed by atoms with Crippen molar-refractivity contribution < 1.29 is 0 Å². The molecule has 1 aromatic rings. The van der Waals surface area contributed by atoms with Gasteiger partial charge in [0.15, 0.2) is 0 Å². The zero-order chi connectivity index (χ0) is 12.3. The summed E-state index contributed by atoms with van der Waals surface area (Å²) in [5, 5.41) is 0. The zero-order valence-electron chi connectivity index (χ0n) is 10.4. The second-order valence-corrected chi connectivity index (χ2v) is 5.84. The average Bonchev–Trinajstić information content (AvgIpc) is 2.74. The second kappa shape index (κ2) is 5.98. The lowest BCUT2D eigenvalue weighted by Gasteiger charge is -2.27. The molecule has 0 radical (unpaired) electrons. The Kier molecular flexibility index (Phi) is 4.60. The SMILES string of the molecule is CN(CCc1ccccc1Br)C1CCCC1N. The molecule has 1 aromatic carbocycles. The van der Waals surface area contributed by atoms with Crippen LogP contribution in [0.3, 0.4) is 0 Å². The van der Waals surface area contributed by atoms with Crippen LogP contribution in [0, 0.1) is 0 Å². The molecule has 2 unspecified atom stereocenters. The molecule has 1 aliphatic carbocycles. The van der Waals surface area contributed by atoms with E-state index in [2.05, 4.69) is 52.1 Å². The quantitative estimate of drug-likeness (QED) is 0.926. The molecule has 1 fully saturated rings. The summed E-state index contributed by atoms with van der Waals surface area (Å²) in [5.74, 6) is 0. The molecule has 0 spiro atoms. The minimum atomic E-state index is 0.374. The standard InChI is InChI=1S/C14H21BrN2/c1-17(14-8-4-7-13(14)16)10-9-11-5-2-3-6-12(11)15/h2-3,5-6,13-14H,4,7-10,16H2,1H3. The number of nitrogens with two attached hydrogens (primary N) is 1. The van der Waals surface area contributed by atoms with Gasteiger partial charge in [-0.05, 0) is 37.9 Å². The first-order valence-corrected chi connectivity index (χ1v) is 7.17. The molecule has 0 aromatic heterocycles. The highest BCUT2D eigenvalue weighted by Crippen LogP contribution is 2.22. The fourth-order valence-corrected chi connectivity index (χ4v) is 3.16. The maximum Gasteiger partial charge on any atom is 0.0244 e. The first kappa shape index (κ1) is 13.1. The van der Waals surface area contributed by atoms with E-state index in [4.69, 9.17) is 5.73 Å². The summed E-state index contributed by atoms with van der Waals surface area (Å²) in [6.45, 7) is 1.08. The minimum Gasteiger partial charge on any atom is -0.326 e. The van der Waals surface area contributed by atoms with Crippen LogP contribution in [0.2, 0.25) is 0 Å². The van der Waals surface area contributed by atoms with E-state index in [9.17, 15) is 0 Å². The van der Waals surface area contributed by atoms with Crippen LogP contribution in [-0.4, -0.2) is 30.6 Å². The van der Waals surface area contributed by atoms with Crippen LogP contribution in [0.25, 0.3) is 0 Å². The van der Waals surface area contributed by atoms with Crippen molar-refractivity contribution in [2.45, 2.75) is 37.8 Å². The average molecular weight is 297 g/mol. The lowest BCUT2D eigenvalue weighted by Crippen LogP contribution is -2.43. The number of halogens is 1. The second-order valence-electron chi connectivity index (χ2n) is 4.98. The maximum absolute atomic E-state index is 6.13. The largest absolute Gasteiger partial charge is 0.326 e. The molecule has 1 saturated carbocycles. The van der Waals surface area contributed by atoms with Crippen LogP contribution in [-0.2, 0) is 6.42 Å². The van der Waals surface area contributed by atoms with Crippen molar-refractivity contribution in [3.8, 4) is 0 Å². The molecular formula is C14H21BrN2. The van der Waals surface area contributed by atoms with E-state index in [0.717, 1.165) is 13.0 Å². The molecule has 17 heavy (non-hydrogen) atoms. The highest BCUT2D eigenvalue weighted by Gasteiger charge is 2.26. The third kappa shape index (κ3) is 3.30. The highest BCUT2D eigenvalue weighted by atomic mass is 79.9. The summed E-state index contributed by atoms with van der Waals surface area (Å²) < 4.78 is 1.21. The van der Waals surface area contributed by atoms with Crippen LogP contribution < -0.4 is 5.73 Å². The summed E-state index contributed by atoms with van der Waals surface area (Å²) in [6, 6.07) is 9.41. The molecule has 2 rings (SSSR count). The van der Waals surface area contributed by atoms with Crippen molar-refractivity contribution in [2.24, 2.45) is 5.73 Å². The molecule has 1 aliphatic rings. The van der Waals surface area contributed by atoms with Gasteiger partial charge in [-0.2, -0.15) is 0 Å². The van der Waals surface area contributed by atoms with Gasteiger partial charge in [0, 0.05) is 23.1 Å². The number of hydrogen-bond donors (Lipinski definition) is 1. The molecule has 94 valence electrons. The van der Waals surface area contributed by atoms with E-state index < -0.39 is 0 Å². The molecule has 0 aliphatic heterocycles. The third-order valence-corrected chi connectivity index (χ3v) is 4.56. The van der Waals surface area contributed by atoms with Gasteiger partial charge in [-0.15, -0.1) is 0 Å². The number of hydrogen-bond acceptors (Lipinski definition) is 2. The van der Waals surface area contributed by atoms with Crippen molar-refractivity contribution in [3.63, 3.8) is 0 Å². The molecule has 0 saturated heterocycles. The van der Waals surface area contributed by atoms with Gasteiger partial charge in [0.05, 0.1) is 0 Å². The van der Waals surface area contributed by atoms with E-state index in [0.29, 0.717) is 12.1 Å². The predicted octanol–water partition coefficient (Wildman–Crippen LogP) is 2.80. The molecule has 0 bridgehead atoms. The van der Waals surface area contributed by atoms with E-state index in [1.54, 1.807) is 0 Å². The van der Waals surface area contributed by atoms with Crippen molar-refractivity contribution >= 4 is 15.9 Å². The normalized spacial score (nSPS) is 24.5. The van der Waals surface area contributed by atoms with Crippen LogP contribution in [0.15, 0.2) is 28.7 Å². The van der Waals surface area contributed by atoms with Gasteiger partial charge in [-0.1, -0.05) is 40.5 Å². The third-order valence-electron chi connectivity index (χ3n) is 3.79. The van der Waals surface area contributed by atoms with Crippen molar-refractivity contribution in [1.82, 2.24) is 4.90 Å². The van der Waals surface area contributed by atoms with Gasteiger partial charge < -0.3 is 10.6 Å². The van der Waals surface area contributed by atoms with Crippen molar-refractivity contribution in [2.75, 3.05) is 13.6 Å². The van der Waals surface area contributed by atoms with Crippen LogP contribution >= 0.6 is 15.9 Å². The van der Waals surface area contributed by atoms with Crippen molar-refractivity contribution in [1.29, 1.82) is 0 Å². The molecule has 3 heteroatoms. The van der Waals surface area contributed by atoms with Gasteiger partial charge in [0.25, 0.3) is 0 Å². The molecular weight excluding hydrogens is 276 g/mol. The Morgan fingerprint density at radius 2 is 2.12 bits per heavy atom.